The fraction of sp³-hybridized carbons (Fsp3) is 0.250. The van der Waals surface area contributed by atoms with Crippen molar-refractivity contribution in [1.29, 1.82) is 0 Å². The molecule has 0 radical (unpaired) electrons. The van der Waals surface area contributed by atoms with Crippen LogP contribution in [0.5, 0.6) is 5.75 Å². The summed E-state index contributed by atoms with van der Waals surface area (Å²) in [6.07, 6.45) is -0.994. The molecular formula is C20H16ClF3N4O2. The number of aryl methyl sites for hydroxylation is 1. The van der Waals surface area contributed by atoms with E-state index in [0.29, 0.717) is 11.4 Å². The molecular weight excluding hydrogens is 421 g/mol. The maximum atomic E-state index is 12.4. The van der Waals surface area contributed by atoms with Gasteiger partial charge in [0, 0.05) is 23.1 Å². The van der Waals surface area contributed by atoms with Crippen LogP contribution in [0.2, 0.25) is 5.02 Å². The molecule has 0 aliphatic carbocycles. The highest BCUT2D eigenvalue weighted by atomic mass is 35.5. The smallest absolute Gasteiger partial charge is 0.404 e. The Balaban J connectivity index is 1.65. The van der Waals surface area contributed by atoms with Crippen LogP contribution in [0.3, 0.4) is 0 Å². The molecule has 156 valence electrons. The van der Waals surface area contributed by atoms with Crippen molar-refractivity contribution in [3.05, 3.63) is 47.6 Å². The molecule has 4 aromatic rings. The molecule has 0 unspecified atom stereocenters. The SMILES string of the molecule is CCCCn1ncc2c(-c3noc(-c4ccc(OC(F)(F)F)c(Cl)c4)n3)cccc21. The summed E-state index contributed by atoms with van der Waals surface area (Å²) in [6.45, 7) is 2.93. The zero-order chi connectivity index (χ0) is 21.3. The van der Waals surface area contributed by atoms with Crippen LogP contribution in [-0.2, 0) is 6.54 Å². The number of benzene rings is 2. The summed E-state index contributed by atoms with van der Waals surface area (Å²) in [5.41, 5.74) is 2.08. The number of ether oxygens (including phenoxy) is 1. The Morgan fingerprint density at radius 2 is 2.03 bits per heavy atom. The number of hydrogen-bond donors (Lipinski definition) is 0. The Bertz CT molecular complexity index is 1190. The lowest BCUT2D eigenvalue weighted by molar-refractivity contribution is -0.274. The van der Waals surface area contributed by atoms with Crippen molar-refractivity contribution in [2.24, 2.45) is 0 Å². The number of hydrogen-bond acceptors (Lipinski definition) is 5. The molecule has 30 heavy (non-hydrogen) atoms. The van der Waals surface area contributed by atoms with Crippen molar-refractivity contribution in [3.8, 4) is 28.6 Å². The van der Waals surface area contributed by atoms with Gasteiger partial charge in [0.25, 0.3) is 5.89 Å². The third-order valence-electron chi connectivity index (χ3n) is 4.48. The molecule has 2 aromatic carbocycles. The Labute approximate surface area is 174 Å². The van der Waals surface area contributed by atoms with Gasteiger partial charge in [0.15, 0.2) is 0 Å². The topological polar surface area (TPSA) is 66.0 Å². The molecule has 0 aliphatic heterocycles. The summed E-state index contributed by atoms with van der Waals surface area (Å²) in [5, 5.41) is 9.12. The highest BCUT2D eigenvalue weighted by molar-refractivity contribution is 6.32. The summed E-state index contributed by atoms with van der Waals surface area (Å²) in [6, 6.07) is 9.47. The Kier molecular flexibility index (Phi) is 5.38. The molecule has 0 saturated heterocycles. The average Bonchev–Trinajstić information content (AvgIpc) is 3.34. The number of aromatic nitrogens is 4. The minimum Gasteiger partial charge on any atom is -0.404 e. The number of unbranched alkanes of at least 4 members (excludes halogenated alkanes) is 1. The van der Waals surface area contributed by atoms with Gasteiger partial charge >= 0.3 is 6.36 Å². The van der Waals surface area contributed by atoms with Gasteiger partial charge in [-0.05, 0) is 30.7 Å². The summed E-state index contributed by atoms with van der Waals surface area (Å²) in [4.78, 5) is 4.38. The third-order valence-corrected chi connectivity index (χ3v) is 4.78. The van der Waals surface area contributed by atoms with Gasteiger partial charge in [-0.15, -0.1) is 13.2 Å². The average molecular weight is 437 g/mol. The van der Waals surface area contributed by atoms with E-state index >= 15 is 0 Å². The summed E-state index contributed by atoms with van der Waals surface area (Å²) >= 11 is 5.91. The van der Waals surface area contributed by atoms with Crippen molar-refractivity contribution in [2.75, 3.05) is 0 Å². The van der Waals surface area contributed by atoms with E-state index in [2.05, 4.69) is 26.9 Å². The van der Waals surface area contributed by atoms with Crippen LogP contribution < -0.4 is 4.74 Å². The molecule has 4 rings (SSSR count). The summed E-state index contributed by atoms with van der Waals surface area (Å²) < 4.78 is 48.3. The minimum atomic E-state index is -4.83. The van der Waals surface area contributed by atoms with Gasteiger partial charge in [0.05, 0.1) is 16.7 Å². The standard InChI is InChI=1S/C20H16ClF3N4O2/c1-2-3-9-28-16-6-4-5-13(14(16)11-25-28)18-26-19(30-27-18)12-7-8-17(15(21)10-12)29-20(22,23)24/h4-8,10-11H,2-3,9H2,1H3. The molecule has 0 saturated carbocycles. The van der Waals surface area contributed by atoms with E-state index in [4.69, 9.17) is 16.1 Å². The lowest BCUT2D eigenvalue weighted by Gasteiger charge is -2.10. The molecule has 0 aliphatic rings. The lowest BCUT2D eigenvalue weighted by atomic mass is 10.1. The fourth-order valence-corrected chi connectivity index (χ4v) is 3.30. The van der Waals surface area contributed by atoms with Crippen LogP contribution in [0.15, 0.2) is 47.1 Å². The first-order chi connectivity index (χ1) is 14.4. The highest BCUT2D eigenvalue weighted by Crippen LogP contribution is 2.34. The molecule has 0 fully saturated rings. The van der Waals surface area contributed by atoms with Gasteiger partial charge in [0.1, 0.15) is 5.75 Å². The quantitative estimate of drug-likeness (QED) is 0.365. The van der Waals surface area contributed by atoms with Gasteiger partial charge in [-0.3, -0.25) is 4.68 Å². The number of fused-ring (bicyclic) bond motifs is 1. The van der Waals surface area contributed by atoms with Crippen molar-refractivity contribution in [1.82, 2.24) is 19.9 Å². The number of rotatable bonds is 6. The number of nitrogens with zero attached hydrogens (tertiary/aromatic N) is 4. The van der Waals surface area contributed by atoms with Crippen LogP contribution in [0.4, 0.5) is 13.2 Å². The van der Waals surface area contributed by atoms with Crippen molar-refractivity contribution >= 4 is 22.5 Å². The van der Waals surface area contributed by atoms with E-state index < -0.39 is 12.1 Å². The molecule has 2 aromatic heterocycles. The van der Waals surface area contributed by atoms with Gasteiger partial charge in [-0.25, -0.2) is 0 Å². The van der Waals surface area contributed by atoms with Crippen LogP contribution in [0.25, 0.3) is 33.7 Å². The predicted molar refractivity (Wildman–Crippen MR) is 105 cm³/mol. The van der Waals surface area contributed by atoms with Crippen LogP contribution in [-0.4, -0.2) is 26.3 Å². The van der Waals surface area contributed by atoms with Gasteiger partial charge in [-0.2, -0.15) is 10.1 Å². The zero-order valence-electron chi connectivity index (χ0n) is 15.8. The number of alkyl halides is 3. The molecule has 0 N–H and O–H groups in total. The second-order valence-corrected chi connectivity index (χ2v) is 6.98. The van der Waals surface area contributed by atoms with E-state index in [9.17, 15) is 13.2 Å². The van der Waals surface area contributed by atoms with E-state index in [1.54, 1.807) is 6.20 Å². The van der Waals surface area contributed by atoms with Crippen LogP contribution >= 0.6 is 11.6 Å². The van der Waals surface area contributed by atoms with E-state index in [-0.39, 0.29) is 10.9 Å². The lowest BCUT2D eigenvalue weighted by Crippen LogP contribution is -2.17. The zero-order valence-corrected chi connectivity index (χ0v) is 16.5. The first-order valence-electron chi connectivity index (χ1n) is 9.20. The van der Waals surface area contributed by atoms with Crippen LogP contribution in [0.1, 0.15) is 19.8 Å². The molecule has 10 heteroatoms. The Morgan fingerprint density at radius 3 is 2.77 bits per heavy atom. The minimum absolute atomic E-state index is 0.126. The molecule has 0 atom stereocenters. The molecule has 0 bridgehead atoms. The largest absolute Gasteiger partial charge is 0.573 e. The summed E-state index contributed by atoms with van der Waals surface area (Å²) in [5.74, 6) is -0.0323. The fourth-order valence-electron chi connectivity index (χ4n) is 3.08. The Hall–Kier alpha value is -3.07. The van der Waals surface area contributed by atoms with Gasteiger partial charge in [-0.1, -0.05) is 42.2 Å². The molecule has 0 spiro atoms. The van der Waals surface area contributed by atoms with Crippen molar-refractivity contribution in [2.45, 2.75) is 32.7 Å². The molecule has 2 heterocycles. The maximum absolute atomic E-state index is 12.4. The second kappa shape index (κ2) is 7.98. The monoisotopic (exact) mass is 436 g/mol. The first kappa shape index (κ1) is 20.2. The normalized spacial score (nSPS) is 11.9. The molecule has 0 amide bonds. The summed E-state index contributed by atoms with van der Waals surface area (Å²) in [7, 11) is 0. The Morgan fingerprint density at radius 1 is 1.20 bits per heavy atom. The first-order valence-corrected chi connectivity index (χ1v) is 9.58. The van der Waals surface area contributed by atoms with Gasteiger partial charge in [0.2, 0.25) is 5.82 Å². The van der Waals surface area contributed by atoms with Crippen molar-refractivity contribution < 1.29 is 22.4 Å². The third kappa shape index (κ3) is 4.11. The van der Waals surface area contributed by atoms with Crippen molar-refractivity contribution in [3.63, 3.8) is 0 Å². The van der Waals surface area contributed by atoms with E-state index in [1.165, 1.54) is 12.1 Å². The second-order valence-electron chi connectivity index (χ2n) is 6.58. The molecule has 6 nitrogen and oxygen atoms in total. The van der Waals surface area contributed by atoms with Crippen LogP contribution in [0, 0.1) is 0 Å². The van der Waals surface area contributed by atoms with E-state index in [0.717, 1.165) is 41.9 Å². The number of halogens is 4. The predicted octanol–water partition coefficient (Wildman–Crippen LogP) is 6.11. The van der Waals surface area contributed by atoms with Gasteiger partial charge < -0.3 is 9.26 Å². The van der Waals surface area contributed by atoms with E-state index in [1.807, 2.05) is 22.9 Å². The maximum Gasteiger partial charge on any atom is 0.573 e. The highest BCUT2D eigenvalue weighted by Gasteiger charge is 2.32.